The van der Waals surface area contributed by atoms with Crippen molar-refractivity contribution in [2.75, 3.05) is 33.4 Å². The van der Waals surface area contributed by atoms with Crippen molar-refractivity contribution < 1.29 is 22.7 Å². The minimum Gasteiger partial charge on any atom is -0.377 e. The molecule has 1 aromatic rings. The molecule has 1 aromatic carbocycles. The number of carbonyl (C=O) groups excluding carboxylic acids is 1. The second-order valence-electron chi connectivity index (χ2n) is 6.42. The Bertz CT molecular complexity index is 729. The van der Waals surface area contributed by atoms with Gasteiger partial charge in [0.25, 0.3) is 0 Å². The fourth-order valence-corrected chi connectivity index (χ4v) is 4.34. The molecule has 0 bridgehead atoms. The zero-order valence-corrected chi connectivity index (χ0v) is 15.2. The van der Waals surface area contributed by atoms with Crippen LogP contribution in [0.4, 0.5) is 0 Å². The summed E-state index contributed by atoms with van der Waals surface area (Å²) < 4.78 is 38.0. The first-order valence-corrected chi connectivity index (χ1v) is 9.97. The van der Waals surface area contributed by atoms with Crippen LogP contribution >= 0.6 is 0 Å². The number of amides is 1. The quantitative estimate of drug-likeness (QED) is 0.798. The zero-order valence-electron chi connectivity index (χ0n) is 14.4. The van der Waals surface area contributed by atoms with E-state index in [-0.39, 0.29) is 30.1 Å². The molecular weight excluding hydrogens is 344 g/mol. The van der Waals surface area contributed by atoms with Crippen LogP contribution in [-0.2, 0) is 37.3 Å². The fourth-order valence-electron chi connectivity index (χ4n) is 3.22. The van der Waals surface area contributed by atoms with Crippen LogP contribution in [0.1, 0.15) is 24.0 Å². The summed E-state index contributed by atoms with van der Waals surface area (Å²) >= 11 is 0. The molecule has 2 aliphatic heterocycles. The second-order valence-corrected chi connectivity index (χ2v) is 8.18. The Hall–Kier alpha value is -1.48. The van der Waals surface area contributed by atoms with Crippen LogP contribution in [0, 0.1) is 0 Å². The first kappa shape index (κ1) is 18.3. The van der Waals surface area contributed by atoms with E-state index in [2.05, 4.69) is 4.72 Å². The van der Waals surface area contributed by atoms with Crippen LogP contribution in [0.3, 0.4) is 0 Å². The Labute approximate surface area is 148 Å². The molecule has 0 aliphatic carbocycles. The summed E-state index contributed by atoms with van der Waals surface area (Å²) in [5.41, 5.74) is 1.95. The third-order valence-electron chi connectivity index (χ3n) is 4.65. The third kappa shape index (κ3) is 4.38. The van der Waals surface area contributed by atoms with Gasteiger partial charge in [-0.2, -0.15) is 0 Å². The molecule has 3 rings (SSSR count). The maximum Gasteiger partial charge on any atom is 0.248 e. The van der Waals surface area contributed by atoms with E-state index in [1.54, 1.807) is 17.0 Å². The largest absolute Gasteiger partial charge is 0.377 e. The molecule has 1 N–H and O–H groups in total. The maximum absolute atomic E-state index is 12.5. The van der Waals surface area contributed by atoms with Gasteiger partial charge in [-0.1, -0.05) is 6.07 Å². The van der Waals surface area contributed by atoms with Crippen molar-refractivity contribution in [1.29, 1.82) is 0 Å². The highest BCUT2D eigenvalue weighted by Gasteiger charge is 2.24. The summed E-state index contributed by atoms with van der Waals surface area (Å²) in [4.78, 5) is 13.9. The first-order valence-electron chi connectivity index (χ1n) is 8.49. The van der Waals surface area contributed by atoms with Crippen LogP contribution in [0.15, 0.2) is 23.1 Å². The molecule has 0 radical (unpaired) electrons. The second kappa shape index (κ2) is 7.82. The lowest BCUT2D eigenvalue weighted by Crippen LogP contribution is -2.38. The molecule has 1 amide bonds. The molecule has 1 atom stereocenters. The normalized spacial score (nSPS) is 20.5. The lowest BCUT2D eigenvalue weighted by molar-refractivity contribution is -0.136. The number of hydrogen-bond donors (Lipinski definition) is 1. The number of carbonyl (C=O) groups is 1. The van der Waals surface area contributed by atoms with E-state index in [9.17, 15) is 13.2 Å². The number of ether oxygens (including phenoxy) is 2. The number of rotatable bonds is 6. The Morgan fingerprint density at radius 3 is 2.96 bits per heavy atom. The van der Waals surface area contributed by atoms with Crippen molar-refractivity contribution in [2.45, 2.75) is 36.8 Å². The van der Waals surface area contributed by atoms with Crippen molar-refractivity contribution in [2.24, 2.45) is 0 Å². The summed E-state index contributed by atoms with van der Waals surface area (Å²) in [7, 11) is -2.10. The van der Waals surface area contributed by atoms with E-state index in [4.69, 9.17) is 9.47 Å². The Morgan fingerprint density at radius 2 is 2.24 bits per heavy atom. The number of hydrogen-bond acceptors (Lipinski definition) is 5. The summed E-state index contributed by atoms with van der Waals surface area (Å²) in [5.74, 6) is -0.0853. The summed E-state index contributed by atoms with van der Waals surface area (Å²) in [6, 6.07) is 5.14. The monoisotopic (exact) mass is 368 g/mol. The van der Waals surface area contributed by atoms with Gasteiger partial charge in [-0.3, -0.25) is 4.79 Å². The molecule has 7 nitrogen and oxygen atoms in total. The van der Waals surface area contributed by atoms with Crippen LogP contribution in [0.25, 0.3) is 0 Å². The molecule has 2 heterocycles. The Balaban J connectivity index is 1.71. The van der Waals surface area contributed by atoms with Gasteiger partial charge in [0.2, 0.25) is 15.9 Å². The third-order valence-corrected chi connectivity index (χ3v) is 6.07. The molecule has 1 fully saturated rings. The SMILES string of the molecule is COCC(=O)N1CCc2ccc(S(=O)(=O)NCC3CCCO3)cc2C1. The standard InChI is InChI=1S/C17H24N2O5S/c1-23-12-17(20)19-7-6-13-4-5-16(9-14(13)11-19)25(21,22)18-10-15-3-2-8-24-15/h4-5,9,15,18H,2-3,6-8,10-12H2,1H3. The summed E-state index contributed by atoms with van der Waals surface area (Å²) in [5, 5.41) is 0. The molecular formula is C17H24N2O5S. The fraction of sp³-hybridized carbons (Fsp3) is 0.588. The van der Waals surface area contributed by atoms with Crippen molar-refractivity contribution >= 4 is 15.9 Å². The average molecular weight is 368 g/mol. The van der Waals surface area contributed by atoms with Gasteiger partial charge in [-0.05, 0) is 42.5 Å². The van der Waals surface area contributed by atoms with Gasteiger partial charge >= 0.3 is 0 Å². The maximum atomic E-state index is 12.5. The van der Waals surface area contributed by atoms with E-state index in [1.165, 1.54) is 7.11 Å². The van der Waals surface area contributed by atoms with Crippen molar-refractivity contribution in [3.63, 3.8) is 0 Å². The first-order chi connectivity index (χ1) is 12.0. The number of methoxy groups -OCH3 is 1. The summed E-state index contributed by atoms with van der Waals surface area (Å²) in [6.45, 7) is 2.05. The molecule has 8 heteroatoms. The van der Waals surface area contributed by atoms with Gasteiger partial charge in [-0.15, -0.1) is 0 Å². The minimum absolute atomic E-state index is 0.0380. The highest BCUT2D eigenvalue weighted by Crippen LogP contribution is 2.23. The molecule has 25 heavy (non-hydrogen) atoms. The topological polar surface area (TPSA) is 84.9 Å². The van der Waals surface area contributed by atoms with Crippen LogP contribution < -0.4 is 4.72 Å². The van der Waals surface area contributed by atoms with Crippen LogP contribution in [-0.4, -0.2) is 58.7 Å². The minimum atomic E-state index is -3.59. The van der Waals surface area contributed by atoms with E-state index in [0.29, 0.717) is 26.1 Å². The lowest BCUT2D eigenvalue weighted by atomic mass is 10.00. The van der Waals surface area contributed by atoms with Crippen molar-refractivity contribution in [3.8, 4) is 0 Å². The molecule has 0 aromatic heterocycles. The van der Waals surface area contributed by atoms with Gasteiger partial charge in [-0.25, -0.2) is 13.1 Å². The van der Waals surface area contributed by atoms with Gasteiger partial charge < -0.3 is 14.4 Å². The van der Waals surface area contributed by atoms with E-state index >= 15 is 0 Å². The van der Waals surface area contributed by atoms with E-state index < -0.39 is 10.0 Å². The van der Waals surface area contributed by atoms with Crippen LogP contribution in [0.5, 0.6) is 0 Å². The zero-order chi connectivity index (χ0) is 17.9. The highest BCUT2D eigenvalue weighted by atomic mass is 32.2. The van der Waals surface area contributed by atoms with E-state index in [1.807, 2.05) is 6.07 Å². The van der Waals surface area contributed by atoms with Gasteiger partial charge in [0.1, 0.15) is 6.61 Å². The predicted molar refractivity (Wildman–Crippen MR) is 91.6 cm³/mol. The lowest BCUT2D eigenvalue weighted by Gasteiger charge is -2.29. The number of nitrogens with one attached hydrogen (secondary N) is 1. The van der Waals surface area contributed by atoms with E-state index in [0.717, 1.165) is 24.0 Å². The van der Waals surface area contributed by atoms with Gasteiger partial charge in [0.15, 0.2) is 0 Å². The molecule has 1 unspecified atom stereocenters. The molecule has 0 saturated carbocycles. The predicted octanol–water partition coefficient (Wildman–Crippen LogP) is 0.675. The molecule has 0 spiro atoms. The van der Waals surface area contributed by atoms with Gasteiger partial charge in [0.05, 0.1) is 11.0 Å². The Kier molecular flexibility index (Phi) is 5.73. The molecule has 138 valence electrons. The van der Waals surface area contributed by atoms with Crippen molar-refractivity contribution in [3.05, 3.63) is 29.3 Å². The molecule has 1 saturated heterocycles. The number of sulfonamides is 1. The van der Waals surface area contributed by atoms with Gasteiger partial charge in [0, 0.05) is 33.4 Å². The Morgan fingerprint density at radius 1 is 1.40 bits per heavy atom. The number of benzene rings is 1. The summed E-state index contributed by atoms with van der Waals surface area (Å²) in [6.07, 6.45) is 2.52. The molecule has 2 aliphatic rings. The average Bonchev–Trinajstić information content (AvgIpc) is 3.13. The smallest absolute Gasteiger partial charge is 0.248 e. The highest BCUT2D eigenvalue weighted by molar-refractivity contribution is 7.89. The number of fused-ring (bicyclic) bond motifs is 1. The van der Waals surface area contributed by atoms with Crippen molar-refractivity contribution in [1.82, 2.24) is 9.62 Å². The van der Waals surface area contributed by atoms with Crippen LogP contribution in [0.2, 0.25) is 0 Å². The number of nitrogens with zero attached hydrogens (tertiary/aromatic N) is 1.